The third kappa shape index (κ3) is 8.70. The van der Waals surface area contributed by atoms with Crippen LogP contribution in [0.25, 0.3) is 0 Å². The molecule has 0 unspecified atom stereocenters. The van der Waals surface area contributed by atoms with Crippen LogP contribution in [0.2, 0.25) is 0 Å². The van der Waals surface area contributed by atoms with Gasteiger partial charge in [0.15, 0.2) is 0 Å². The highest BCUT2D eigenvalue weighted by atomic mass is 16.5. The second-order valence-electron chi connectivity index (χ2n) is 11.2. The quantitative estimate of drug-likeness (QED) is 0.541. The summed E-state index contributed by atoms with van der Waals surface area (Å²) >= 11 is 0. The largest absolute Gasteiger partial charge is 0.493 e. The summed E-state index contributed by atoms with van der Waals surface area (Å²) in [6.07, 6.45) is 3.20. The Morgan fingerprint density at radius 2 is 1.90 bits per heavy atom. The average Bonchev–Trinajstić information content (AvgIpc) is 2.95. The Morgan fingerprint density at radius 3 is 2.69 bits per heavy atom. The van der Waals surface area contributed by atoms with E-state index in [0.29, 0.717) is 51.7 Å². The number of carbonyl (C=O) groups is 2. The normalized spacial score (nSPS) is 20.2. The number of hydrogen-bond acceptors (Lipinski definition) is 6. The summed E-state index contributed by atoms with van der Waals surface area (Å²) in [6, 6.07) is 16.3. The van der Waals surface area contributed by atoms with E-state index in [1.807, 2.05) is 35.2 Å². The van der Waals surface area contributed by atoms with Crippen molar-refractivity contribution in [1.82, 2.24) is 20.4 Å². The van der Waals surface area contributed by atoms with E-state index in [1.165, 1.54) is 0 Å². The molecule has 2 bridgehead atoms. The average molecular weight is 536 g/mol. The zero-order valence-electron chi connectivity index (χ0n) is 23.8. The van der Waals surface area contributed by atoms with Gasteiger partial charge in [0.1, 0.15) is 5.75 Å². The molecular weight excluding hydrogens is 490 g/mol. The van der Waals surface area contributed by atoms with Gasteiger partial charge in [-0.2, -0.15) is 0 Å². The number of rotatable bonds is 8. The molecule has 2 aromatic carbocycles. The van der Waals surface area contributed by atoms with Gasteiger partial charge in [0, 0.05) is 64.0 Å². The molecule has 8 nitrogen and oxygen atoms in total. The maximum Gasteiger partial charge on any atom is 0.236 e. The zero-order chi connectivity index (χ0) is 27.6. The first-order valence-corrected chi connectivity index (χ1v) is 14.3. The van der Waals surface area contributed by atoms with E-state index in [4.69, 9.17) is 4.74 Å². The number of nitrogens with zero attached hydrogens (tertiary/aromatic N) is 3. The molecule has 2 N–H and O–H groups in total. The van der Waals surface area contributed by atoms with E-state index in [0.717, 1.165) is 54.9 Å². The standard InChI is InChI=1S/C31H45N5O3/c1-34(2)15-16-35(3)28-11-12-29-27(18-28)21-32-22-31(38)36-14-13-25(26(23-36)10-7-17-39-29)19-30(37)33-20-24-8-5-4-6-9-24/h4-6,8-9,11-12,18,25-26,32H,7,10,13-17,19-23H2,1-3H3,(H,33,37)/t25-,26-/m0/s1. The first-order chi connectivity index (χ1) is 18.9. The lowest BCUT2D eigenvalue weighted by Crippen LogP contribution is -2.47. The van der Waals surface area contributed by atoms with Gasteiger partial charge in [-0.15, -0.1) is 0 Å². The highest BCUT2D eigenvalue weighted by Crippen LogP contribution is 2.31. The molecule has 39 heavy (non-hydrogen) atoms. The Morgan fingerprint density at radius 1 is 1.08 bits per heavy atom. The minimum absolute atomic E-state index is 0.0877. The molecule has 212 valence electrons. The number of carbonyl (C=O) groups excluding carboxylic acids is 2. The van der Waals surface area contributed by atoms with E-state index in [1.54, 1.807) is 0 Å². The van der Waals surface area contributed by atoms with Crippen molar-refractivity contribution < 1.29 is 14.3 Å². The molecule has 2 aliphatic heterocycles. The summed E-state index contributed by atoms with van der Waals surface area (Å²) < 4.78 is 6.26. The van der Waals surface area contributed by atoms with Crippen molar-refractivity contribution in [3.63, 3.8) is 0 Å². The van der Waals surface area contributed by atoms with Crippen molar-refractivity contribution in [3.05, 3.63) is 59.7 Å². The Labute approximate surface area is 233 Å². The minimum atomic E-state index is 0.0877. The van der Waals surface area contributed by atoms with Crippen LogP contribution in [0.3, 0.4) is 0 Å². The van der Waals surface area contributed by atoms with Crippen LogP contribution >= 0.6 is 0 Å². The van der Waals surface area contributed by atoms with Gasteiger partial charge in [-0.25, -0.2) is 0 Å². The number of amides is 2. The van der Waals surface area contributed by atoms with Crippen molar-refractivity contribution in [2.24, 2.45) is 11.8 Å². The van der Waals surface area contributed by atoms with Crippen LogP contribution < -0.4 is 20.3 Å². The first-order valence-electron chi connectivity index (χ1n) is 14.3. The number of piperidine rings is 1. The fourth-order valence-corrected chi connectivity index (χ4v) is 5.51. The van der Waals surface area contributed by atoms with Crippen molar-refractivity contribution in [2.75, 3.05) is 65.4 Å². The molecule has 2 heterocycles. The molecule has 0 aliphatic carbocycles. The van der Waals surface area contributed by atoms with Crippen LogP contribution in [0.4, 0.5) is 5.69 Å². The lowest BCUT2D eigenvalue weighted by Gasteiger charge is -2.38. The van der Waals surface area contributed by atoms with E-state index >= 15 is 0 Å². The lowest BCUT2D eigenvalue weighted by molar-refractivity contribution is -0.133. The smallest absolute Gasteiger partial charge is 0.236 e. The number of fused-ring (bicyclic) bond motifs is 3. The third-order valence-electron chi connectivity index (χ3n) is 7.96. The highest BCUT2D eigenvalue weighted by Gasteiger charge is 2.32. The van der Waals surface area contributed by atoms with Crippen molar-refractivity contribution >= 4 is 17.5 Å². The molecule has 4 rings (SSSR count). The fourth-order valence-electron chi connectivity index (χ4n) is 5.51. The summed E-state index contributed by atoms with van der Waals surface area (Å²) in [4.78, 5) is 32.3. The fraction of sp³-hybridized carbons (Fsp3) is 0.548. The number of ether oxygens (including phenoxy) is 1. The van der Waals surface area contributed by atoms with Crippen LogP contribution in [0.5, 0.6) is 5.75 Å². The molecule has 2 atom stereocenters. The number of benzene rings is 2. The second-order valence-corrected chi connectivity index (χ2v) is 11.2. The van der Waals surface area contributed by atoms with E-state index in [2.05, 4.69) is 59.8 Å². The monoisotopic (exact) mass is 535 g/mol. The molecule has 0 aromatic heterocycles. The maximum atomic E-state index is 13.1. The van der Waals surface area contributed by atoms with Crippen molar-refractivity contribution in [2.45, 2.75) is 38.8 Å². The van der Waals surface area contributed by atoms with Gasteiger partial charge in [-0.3, -0.25) is 9.59 Å². The number of nitrogens with one attached hydrogen (secondary N) is 2. The first kappa shape index (κ1) is 28.9. The molecule has 0 saturated carbocycles. The maximum absolute atomic E-state index is 13.1. The molecule has 1 saturated heterocycles. The van der Waals surface area contributed by atoms with Crippen molar-refractivity contribution in [3.8, 4) is 5.75 Å². The lowest BCUT2D eigenvalue weighted by atomic mass is 9.80. The molecule has 2 amide bonds. The predicted molar refractivity (Wildman–Crippen MR) is 156 cm³/mol. The summed E-state index contributed by atoms with van der Waals surface area (Å²) in [6.45, 7) is 5.39. The van der Waals surface area contributed by atoms with Crippen LogP contribution in [-0.2, 0) is 22.7 Å². The highest BCUT2D eigenvalue weighted by molar-refractivity contribution is 5.79. The minimum Gasteiger partial charge on any atom is -0.493 e. The molecule has 2 aromatic rings. The van der Waals surface area contributed by atoms with Crippen LogP contribution in [0.1, 0.15) is 36.8 Å². The van der Waals surface area contributed by atoms with E-state index in [9.17, 15) is 9.59 Å². The molecule has 0 radical (unpaired) electrons. The summed E-state index contributed by atoms with van der Waals surface area (Å²) in [5.74, 6) is 1.66. The Hall–Kier alpha value is -3.10. The molecular formula is C31H45N5O3. The number of likely N-dealkylation sites (N-methyl/N-ethyl adjacent to an activating group) is 2. The predicted octanol–water partition coefficient (Wildman–Crippen LogP) is 3.12. The van der Waals surface area contributed by atoms with Gasteiger partial charge in [-0.05, 0) is 69.0 Å². The summed E-state index contributed by atoms with van der Waals surface area (Å²) in [5, 5.41) is 6.45. The topological polar surface area (TPSA) is 77.2 Å². The SMILES string of the molecule is CN(C)CCN(C)c1ccc2c(c1)CNCC(=O)N1CC[C@@H](CC(=O)NCc3ccccc3)[C@@H](CCCO2)C1. The molecule has 0 spiro atoms. The van der Waals surface area contributed by atoms with Gasteiger partial charge in [0.05, 0.1) is 13.2 Å². The van der Waals surface area contributed by atoms with Crippen LogP contribution in [-0.4, -0.2) is 82.1 Å². The Balaban J connectivity index is 1.37. The number of anilines is 1. The van der Waals surface area contributed by atoms with Gasteiger partial charge in [0.2, 0.25) is 11.8 Å². The van der Waals surface area contributed by atoms with Crippen LogP contribution in [0.15, 0.2) is 48.5 Å². The third-order valence-corrected chi connectivity index (χ3v) is 7.96. The van der Waals surface area contributed by atoms with Gasteiger partial charge >= 0.3 is 0 Å². The van der Waals surface area contributed by atoms with E-state index < -0.39 is 0 Å². The summed E-state index contributed by atoms with van der Waals surface area (Å²) in [7, 11) is 6.27. The summed E-state index contributed by atoms with van der Waals surface area (Å²) in [5.41, 5.74) is 3.32. The molecule has 2 aliphatic rings. The second kappa shape index (κ2) is 14.3. The van der Waals surface area contributed by atoms with Crippen molar-refractivity contribution in [1.29, 1.82) is 0 Å². The van der Waals surface area contributed by atoms with Gasteiger partial charge in [0.25, 0.3) is 0 Å². The van der Waals surface area contributed by atoms with E-state index in [-0.39, 0.29) is 17.7 Å². The number of hydrogen-bond donors (Lipinski definition) is 2. The zero-order valence-corrected chi connectivity index (χ0v) is 23.8. The molecule has 8 heteroatoms. The van der Waals surface area contributed by atoms with Crippen LogP contribution in [0, 0.1) is 11.8 Å². The Bertz CT molecular complexity index is 1080. The Kier molecular flexibility index (Phi) is 10.6. The molecule has 1 fully saturated rings. The van der Waals surface area contributed by atoms with Gasteiger partial charge in [-0.1, -0.05) is 30.3 Å². The van der Waals surface area contributed by atoms with Gasteiger partial charge < -0.3 is 30.1 Å².